The van der Waals surface area contributed by atoms with Gasteiger partial charge in [0.05, 0.1) is 13.2 Å². The SMILES string of the molecule is COc1cc(-c2ccccc2)sc1C(=O)NCC1CCCO1. The maximum Gasteiger partial charge on any atom is 0.265 e. The van der Waals surface area contributed by atoms with Crippen LogP contribution >= 0.6 is 11.3 Å². The number of rotatable bonds is 5. The van der Waals surface area contributed by atoms with Gasteiger partial charge in [0.2, 0.25) is 0 Å². The van der Waals surface area contributed by atoms with E-state index in [9.17, 15) is 4.79 Å². The van der Waals surface area contributed by atoms with E-state index in [0.29, 0.717) is 17.2 Å². The quantitative estimate of drug-likeness (QED) is 0.920. The van der Waals surface area contributed by atoms with Crippen molar-refractivity contribution in [3.63, 3.8) is 0 Å². The third kappa shape index (κ3) is 3.31. The number of methoxy groups -OCH3 is 1. The van der Waals surface area contributed by atoms with Gasteiger partial charge in [-0.05, 0) is 24.5 Å². The lowest BCUT2D eigenvalue weighted by atomic mass is 10.2. The Morgan fingerprint density at radius 1 is 1.41 bits per heavy atom. The van der Waals surface area contributed by atoms with Crippen LogP contribution in [-0.4, -0.2) is 32.3 Å². The molecule has 5 heteroatoms. The predicted octanol–water partition coefficient (Wildman–Crippen LogP) is 3.33. The standard InChI is InChI=1S/C17H19NO3S/c1-20-14-10-15(12-6-3-2-4-7-12)22-16(14)17(19)18-11-13-8-5-9-21-13/h2-4,6-7,10,13H,5,8-9,11H2,1H3,(H,18,19). The van der Waals surface area contributed by atoms with Gasteiger partial charge >= 0.3 is 0 Å². The van der Waals surface area contributed by atoms with E-state index < -0.39 is 0 Å². The van der Waals surface area contributed by atoms with Gasteiger partial charge in [-0.25, -0.2) is 0 Å². The Balaban J connectivity index is 1.74. The Labute approximate surface area is 134 Å². The number of hydrogen-bond donors (Lipinski definition) is 1. The van der Waals surface area contributed by atoms with Crippen molar-refractivity contribution in [2.45, 2.75) is 18.9 Å². The zero-order valence-electron chi connectivity index (χ0n) is 12.5. The molecule has 1 atom stereocenters. The summed E-state index contributed by atoms with van der Waals surface area (Å²) in [5.74, 6) is 0.522. The minimum absolute atomic E-state index is 0.0977. The molecule has 1 unspecified atom stereocenters. The molecule has 116 valence electrons. The maximum atomic E-state index is 12.4. The molecule has 1 amide bonds. The zero-order chi connectivity index (χ0) is 15.4. The number of hydrogen-bond acceptors (Lipinski definition) is 4. The Morgan fingerprint density at radius 2 is 2.23 bits per heavy atom. The first-order valence-electron chi connectivity index (χ1n) is 7.41. The first-order chi connectivity index (χ1) is 10.8. The lowest BCUT2D eigenvalue weighted by Gasteiger charge is -2.10. The van der Waals surface area contributed by atoms with E-state index in [2.05, 4.69) is 5.32 Å². The van der Waals surface area contributed by atoms with Gasteiger partial charge < -0.3 is 14.8 Å². The Hall–Kier alpha value is -1.85. The van der Waals surface area contributed by atoms with E-state index in [1.807, 2.05) is 36.4 Å². The smallest absolute Gasteiger partial charge is 0.265 e. The molecule has 2 aromatic rings. The van der Waals surface area contributed by atoms with Gasteiger partial charge in [0.25, 0.3) is 5.91 Å². The van der Waals surface area contributed by atoms with E-state index in [4.69, 9.17) is 9.47 Å². The summed E-state index contributed by atoms with van der Waals surface area (Å²) in [6, 6.07) is 11.9. The highest BCUT2D eigenvalue weighted by Crippen LogP contribution is 2.36. The molecule has 1 aliphatic heterocycles. The molecule has 0 saturated carbocycles. The van der Waals surface area contributed by atoms with E-state index in [1.54, 1.807) is 7.11 Å². The van der Waals surface area contributed by atoms with Crippen LogP contribution in [0.5, 0.6) is 5.75 Å². The van der Waals surface area contributed by atoms with Crippen LogP contribution in [0.2, 0.25) is 0 Å². The van der Waals surface area contributed by atoms with Crippen LogP contribution in [0.4, 0.5) is 0 Å². The topological polar surface area (TPSA) is 47.6 Å². The van der Waals surface area contributed by atoms with Crippen LogP contribution in [0.15, 0.2) is 36.4 Å². The Morgan fingerprint density at radius 3 is 2.91 bits per heavy atom. The molecule has 1 aromatic carbocycles. The third-order valence-corrected chi connectivity index (χ3v) is 4.86. The summed E-state index contributed by atoms with van der Waals surface area (Å²) in [4.78, 5) is 14.0. The minimum Gasteiger partial charge on any atom is -0.495 e. The number of nitrogens with one attached hydrogen (secondary N) is 1. The molecule has 0 bridgehead atoms. The minimum atomic E-state index is -0.0977. The lowest BCUT2D eigenvalue weighted by molar-refractivity contribution is 0.0859. The Kier molecular flexibility index (Phi) is 4.75. The number of amides is 1. The molecule has 1 aromatic heterocycles. The van der Waals surface area contributed by atoms with Crippen molar-refractivity contribution in [2.75, 3.05) is 20.3 Å². The molecule has 2 heterocycles. The van der Waals surface area contributed by atoms with Crippen LogP contribution in [-0.2, 0) is 4.74 Å². The van der Waals surface area contributed by atoms with E-state index in [-0.39, 0.29) is 12.0 Å². The van der Waals surface area contributed by atoms with Crippen molar-refractivity contribution in [3.05, 3.63) is 41.3 Å². The second-order valence-corrected chi connectivity index (χ2v) is 6.27. The zero-order valence-corrected chi connectivity index (χ0v) is 13.3. The number of carbonyl (C=O) groups is 1. The summed E-state index contributed by atoms with van der Waals surface area (Å²) in [5, 5.41) is 2.95. The summed E-state index contributed by atoms with van der Waals surface area (Å²) in [6.07, 6.45) is 2.22. The normalized spacial score (nSPS) is 17.4. The van der Waals surface area contributed by atoms with Crippen LogP contribution in [0.1, 0.15) is 22.5 Å². The van der Waals surface area contributed by atoms with Crippen molar-refractivity contribution in [2.24, 2.45) is 0 Å². The average Bonchev–Trinajstić information content (AvgIpc) is 3.22. The first-order valence-corrected chi connectivity index (χ1v) is 8.22. The molecule has 3 rings (SSSR count). The summed E-state index contributed by atoms with van der Waals surface area (Å²) in [6.45, 7) is 1.35. The largest absolute Gasteiger partial charge is 0.495 e. The van der Waals surface area contributed by atoms with Crippen molar-refractivity contribution >= 4 is 17.2 Å². The highest BCUT2D eigenvalue weighted by Gasteiger charge is 2.20. The van der Waals surface area contributed by atoms with Crippen LogP contribution in [0.3, 0.4) is 0 Å². The van der Waals surface area contributed by atoms with E-state index >= 15 is 0 Å². The van der Waals surface area contributed by atoms with Gasteiger partial charge in [-0.15, -0.1) is 11.3 Å². The maximum absolute atomic E-state index is 12.4. The number of carbonyl (C=O) groups excluding carboxylic acids is 1. The van der Waals surface area contributed by atoms with E-state index in [0.717, 1.165) is 29.9 Å². The molecule has 4 nitrogen and oxygen atoms in total. The van der Waals surface area contributed by atoms with Crippen molar-refractivity contribution < 1.29 is 14.3 Å². The van der Waals surface area contributed by atoms with Crippen LogP contribution in [0.25, 0.3) is 10.4 Å². The molecule has 22 heavy (non-hydrogen) atoms. The molecular formula is C17H19NO3S. The second kappa shape index (κ2) is 6.94. The summed E-state index contributed by atoms with van der Waals surface area (Å²) < 4.78 is 10.9. The molecule has 1 saturated heterocycles. The molecular weight excluding hydrogens is 298 g/mol. The molecule has 0 spiro atoms. The van der Waals surface area contributed by atoms with Gasteiger partial charge in [-0.2, -0.15) is 0 Å². The molecule has 0 radical (unpaired) electrons. The van der Waals surface area contributed by atoms with Crippen LogP contribution < -0.4 is 10.1 Å². The van der Waals surface area contributed by atoms with Gasteiger partial charge in [-0.1, -0.05) is 30.3 Å². The fourth-order valence-electron chi connectivity index (χ4n) is 2.52. The van der Waals surface area contributed by atoms with Crippen molar-refractivity contribution in [3.8, 4) is 16.2 Å². The van der Waals surface area contributed by atoms with Crippen molar-refractivity contribution in [1.82, 2.24) is 5.32 Å². The monoisotopic (exact) mass is 317 g/mol. The summed E-state index contributed by atoms with van der Waals surface area (Å²) >= 11 is 1.45. The highest BCUT2D eigenvalue weighted by atomic mass is 32.1. The fraction of sp³-hybridized carbons (Fsp3) is 0.353. The lowest BCUT2D eigenvalue weighted by Crippen LogP contribution is -2.31. The molecule has 1 aliphatic rings. The third-order valence-electron chi connectivity index (χ3n) is 3.70. The predicted molar refractivity (Wildman–Crippen MR) is 87.6 cm³/mol. The molecule has 0 aliphatic carbocycles. The summed E-state index contributed by atoms with van der Waals surface area (Å²) in [5.41, 5.74) is 1.09. The average molecular weight is 317 g/mol. The van der Waals surface area contributed by atoms with Gasteiger partial charge in [-0.3, -0.25) is 4.79 Å². The molecule has 1 N–H and O–H groups in total. The number of benzene rings is 1. The fourth-order valence-corrected chi connectivity index (χ4v) is 3.57. The second-order valence-electron chi connectivity index (χ2n) is 5.22. The van der Waals surface area contributed by atoms with E-state index in [1.165, 1.54) is 11.3 Å². The molecule has 1 fully saturated rings. The summed E-state index contributed by atoms with van der Waals surface area (Å²) in [7, 11) is 1.59. The number of thiophene rings is 1. The van der Waals surface area contributed by atoms with Crippen LogP contribution in [0, 0.1) is 0 Å². The van der Waals surface area contributed by atoms with Gasteiger partial charge in [0.1, 0.15) is 10.6 Å². The highest BCUT2D eigenvalue weighted by molar-refractivity contribution is 7.17. The number of ether oxygens (including phenoxy) is 2. The Bertz CT molecular complexity index is 633. The van der Waals surface area contributed by atoms with Gasteiger partial charge in [0, 0.05) is 18.0 Å². The van der Waals surface area contributed by atoms with Crippen molar-refractivity contribution in [1.29, 1.82) is 0 Å². The van der Waals surface area contributed by atoms with Gasteiger partial charge in [0.15, 0.2) is 0 Å². The first kappa shape index (κ1) is 15.1.